The van der Waals surface area contributed by atoms with Crippen molar-refractivity contribution in [2.45, 2.75) is 45.3 Å². The first-order valence-electron chi connectivity index (χ1n) is 8.59. The molecule has 1 aromatic rings. The molecule has 1 saturated carbocycles. The number of nitrogens with two attached hydrogens (primary N) is 1. The average molecular weight is 511 g/mol. The molecule has 9 heteroatoms. The van der Waals surface area contributed by atoms with Crippen LogP contribution in [0.25, 0.3) is 0 Å². The molecule has 0 aliphatic heterocycles. The van der Waals surface area contributed by atoms with Gasteiger partial charge < -0.3 is 25.4 Å². The lowest BCUT2D eigenvalue weighted by molar-refractivity contribution is 0.0240. The number of amides is 1. The maximum Gasteiger partial charge on any atom is 0.410 e. The van der Waals surface area contributed by atoms with E-state index in [0.29, 0.717) is 29.5 Å². The van der Waals surface area contributed by atoms with Crippen molar-refractivity contribution < 1.29 is 14.3 Å². The predicted molar refractivity (Wildman–Crippen MR) is 119 cm³/mol. The fraction of sp³-hybridized carbons (Fsp3) is 0.556. The summed E-state index contributed by atoms with van der Waals surface area (Å²) in [6.07, 6.45) is 1.70. The van der Waals surface area contributed by atoms with Crippen LogP contribution in [0.15, 0.2) is 23.2 Å². The van der Waals surface area contributed by atoms with Gasteiger partial charge in [-0.15, -0.1) is 24.0 Å². The van der Waals surface area contributed by atoms with Crippen LogP contribution in [-0.4, -0.2) is 48.8 Å². The van der Waals surface area contributed by atoms with E-state index in [4.69, 9.17) is 26.8 Å². The Morgan fingerprint density at radius 2 is 2.07 bits per heavy atom. The van der Waals surface area contributed by atoms with Gasteiger partial charge in [-0.25, -0.2) is 4.79 Å². The minimum Gasteiger partial charge on any atom is -0.495 e. The van der Waals surface area contributed by atoms with Crippen LogP contribution < -0.4 is 15.8 Å². The highest BCUT2D eigenvalue weighted by molar-refractivity contribution is 14.0. The lowest BCUT2D eigenvalue weighted by Crippen LogP contribution is -2.40. The molecule has 152 valence electrons. The first-order valence-corrected chi connectivity index (χ1v) is 8.97. The van der Waals surface area contributed by atoms with E-state index in [1.54, 1.807) is 30.2 Å². The number of carbonyl (C=O) groups is 1. The Bertz CT molecular complexity index is 675. The maximum absolute atomic E-state index is 12.3. The standard InChI is InChI=1S/C18H27ClN4O3.HI/c1-18(2,3)26-17(24)23(13-6-7-13)10-9-21-16(20)22-12-5-8-15(25-4)14(19)11-12;/h5,8,11,13H,6-7,9-10H2,1-4H3,(H3,20,21,22);1H. The normalized spacial score (nSPS) is 14.2. The predicted octanol–water partition coefficient (Wildman–Crippen LogP) is 4.09. The van der Waals surface area contributed by atoms with Gasteiger partial charge in [0.05, 0.1) is 18.7 Å². The summed E-state index contributed by atoms with van der Waals surface area (Å²) < 4.78 is 10.6. The molecule has 0 heterocycles. The van der Waals surface area contributed by atoms with E-state index in [-0.39, 0.29) is 42.1 Å². The van der Waals surface area contributed by atoms with Crippen LogP contribution in [0.3, 0.4) is 0 Å². The smallest absolute Gasteiger partial charge is 0.410 e. The Morgan fingerprint density at radius 1 is 1.41 bits per heavy atom. The quantitative estimate of drug-likeness (QED) is 0.342. The molecular weight excluding hydrogens is 483 g/mol. The minimum atomic E-state index is -0.512. The van der Waals surface area contributed by atoms with Gasteiger partial charge in [0.15, 0.2) is 5.96 Å². The van der Waals surface area contributed by atoms with Gasteiger partial charge in [-0.3, -0.25) is 4.99 Å². The van der Waals surface area contributed by atoms with E-state index in [0.717, 1.165) is 12.8 Å². The Kier molecular flexibility index (Phi) is 8.93. The summed E-state index contributed by atoms with van der Waals surface area (Å²) in [6, 6.07) is 5.49. The Morgan fingerprint density at radius 3 is 2.59 bits per heavy atom. The largest absolute Gasteiger partial charge is 0.495 e. The van der Waals surface area contributed by atoms with Gasteiger partial charge in [0, 0.05) is 18.3 Å². The van der Waals surface area contributed by atoms with Crippen molar-refractivity contribution in [3.05, 3.63) is 23.2 Å². The minimum absolute atomic E-state index is 0. The lowest BCUT2D eigenvalue weighted by atomic mass is 10.2. The summed E-state index contributed by atoms with van der Waals surface area (Å²) in [4.78, 5) is 18.3. The third kappa shape index (κ3) is 8.00. The number of nitrogens with one attached hydrogen (secondary N) is 1. The topological polar surface area (TPSA) is 89.2 Å². The van der Waals surface area contributed by atoms with Crippen molar-refractivity contribution in [1.29, 1.82) is 0 Å². The number of hydrogen-bond donors (Lipinski definition) is 2. The van der Waals surface area contributed by atoms with Crippen LogP contribution in [0.5, 0.6) is 5.75 Å². The van der Waals surface area contributed by atoms with Crippen molar-refractivity contribution >= 4 is 53.3 Å². The van der Waals surface area contributed by atoms with Gasteiger partial charge in [-0.05, 0) is 51.8 Å². The molecule has 7 nitrogen and oxygen atoms in total. The van der Waals surface area contributed by atoms with E-state index < -0.39 is 5.60 Å². The number of carbonyl (C=O) groups excluding carboxylic acids is 1. The molecule has 27 heavy (non-hydrogen) atoms. The lowest BCUT2D eigenvalue weighted by Gasteiger charge is -2.27. The van der Waals surface area contributed by atoms with E-state index >= 15 is 0 Å². The molecule has 1 aromatic carbocycles. The Balaban J connectivity index is 0.00000364. The van der Waals surface area contributed by atoms with Crippen LogP contribution in [0.2, 0.25) is 5.02 Å². The molecule has 1 aliphatic rings. The first-order chi connectivity index (χ1) is 12.2. The summed E-state index contributed by atoms with van der Waals surface area (Å²) in [5, 5.41) is 3.45. The van der Waals surface area contributed by atoms with Crippen molar-refractivity contribution in [3.8, 4) is 5.75 Å². The summed E-state index contributed by atoms with van der Waals surface area (Å²) in [5.74, 6) is 0.844. The fourth-order valence-electron chi connectivity index (χ4n) is 2.34. The summed E-state index contributed by atoms with van der Waals surface area (Å²) in [5.41, 5.74) is 6.11. The van der Waals surface area contributed by atoms with Crippen LogP contribution in [0, 0.1) is 0 Å². The number of anilines is 1. The molecule has 0 radical (unpaired) electrons. The maximum atomic E-state index is 12.3. The van der Waals surface area contributed by atoms with Crippen LogP contribution in [-0.2, 0) is 4.74 Å². The SMILES string of the molecule is COc1ccc(NC(N)=NCCN(C(=O)OC(C)(C)C)C2CC2)cc1Cl.I. The van der Waals surface area contributed by atoms with Crippen molar-refractivity contribution in [2.24, 2.45) is 10.7 Å². The van der Waals surface area contributed by atoms with Gasteiger partial charge >= 0.3 is 6.09 Å². The van der Waals surface area contributed by atoms with Crippen LogP contribution >= 0.6 is 35.6 Å². The third-order valence-electron chi connectivity index (χ3n) is 3.66. The van der Waals surface area contributed by atoms with Crippen molar-refractivity contribution in [1.82, 2.24) is 4.90 Å². The summed E-state index contributed by atoms with van der Waals surface area (Å²) in [6.45, 7) is 6.42. The Labute approximate surface area is 182 Å². The second-order valence-corrected chi connectivity index (χ2v) is 7.55. The molecule has 0 aromatic heterocycles. The zero-order chi connectivity index (χ0) is 19.3. The number of benzene rings is 1. The van der Waals surface area contributed by atoms with Crippen molar-refractivity contribution in [2.75, 3.05) is 25.5 Å². The highest BCUT2D eigenvalue weighted by Gasteiger charge is 2.34. The number of nitrogens with zero attached hydrogens (tertiary/aromatic N) is 2. The second kappa shape index (κ2) is 10.2. The number of ether oxygens (including phenoxy) is 2. The molecule has 0 saturated heterocycles. The number of guanidine groups is 1. The van der Waals surface area contributed by atoms with E-state index in [2.05, 4.69) is 10.3 Å². The molecule has 3 N–H and O–H groups in total. The number of hydrogen-bond acceptors (Lipinski definition) is 4. The molecule has 1 fully saturated rings. The van der Waals surface area contributed by atoms with E-state index in [9.17, 15) is 4.79 Å². The zero-order valence-corrected chi connectivity index (χ0v) is 19.2. The van der Waals surface area contributed by atoms with E-state index in [1.165, 1.54) is 0 Å². The average Bonchev–Trinajstić information content (AvgIpc) is 3.34. The number of aliphatic imine (C=N–C) groups is 1. The molecule has 1 amide bonds. The first kappa shape index (κ1) is 23.6. The molecule has 0 unspecified atom stereocenters. The van der Waals surface area contributed by atoms with Gasteiger partial charge in [0.1, 0.15) is 11.4 Å². The van der Waals surface area contributed by atoms with Gasteiger partial charge in [0.25, 0.3) is 0 Å². The number of methoxy groups -OCH3 is 1. The van der Waals surface area contributed by atoms with Gasteiger partial charge in [0.2, 0.25) is 0 Å². The number of rotatable bonds is 6. The van der Waals surface area contributed by atoms with Gasteiger partial charge in [-0.2, -0.15) is 0 Å². The van der Waals surface area contributed by atoms with Crippen molar-refractivity contribution in [3.63, 3.8) is 0 Å². The molecular formula is C18H28ClIN4O3. The molecule has 0 spiro atoms. The fourth-order valence-corrected chi connectivity index (χ4v) is 2.60. The van der Waals surface area contributed by atoms with Crippen LogP contribution in [0.1, 0.15) is 33.6 Å². The number of halogens is 2. The zero-order valence-electron chi connectivity index (χ0n) is 16.1. The molecule has 2 rings (SSSR count). The third-order valence-corrected chi connectivity index (χ3v) is 3.96. The second-order valence-electron chi connectivity index (χ2n) is 7.15. The Hall–Kier alpha value is -1.42. The molecule has 0 bridgehead atoms. The van der Waals surface area contributed by atoms with E-state index in [1.807, 2.05) is 20.8 Å². The highest BCUT2D eigenvalue weighted by Crippen LogP contribution is 2.28. The summed E-state index contributed by atoms with van der Waals surface area (Å²) >= 11 is 6.08. The highest BCUT2D eigenvalue weighted by atomic mass is 127. The molecule has 0 atom stereocenters. The summed E-state index contributed by atoms with van der Waals surface area (Å²) in [7, 11) is 1.56. The van der Waals surface area contributed by atoms with Gasteiger partial charge in [-0.1, -0.05) is 11.6 Å². The van der Waals surface area contributed by atoms with Crippen LogP contribution in [0.4, 0.5) is 10.5 Å². The molecule has 1 aliphatic carbocycles. The monoisotopic (exact) mass is 510 g/mol.